The van der Waals surface area contributed by atoms with Crippen LogP contribution in [0.2, 0.25) is 0 Å². The minimum absolute atomic E-state index is 0. The van der Waals surface area contributed by atoms with Crippen molar-refractivity contribution in [3.8, 4) is 33.4 Å². The summed E-state index contributed by atoms with van der Waals surface area (Å²) in [5, 5.41) is 18.2. The zero-order valence-corrected chi connectivity index (χ0v) is 82.2. The molecule has 10 fully saturated rings. The van der Waals surface area contributed by atoms with Crippen molar-refractivity contribution in [1.82, 2.24) is 50.6 Å². The predicted molar refractivity (Wildman–Crippen MR) is 552 cm³/mol. The monoisotopic (exact) mass is 1920 g/mol. The molecule has 7 saturated heterocycles. The van der Waals surface area contributed by atoms with Crippen molar-refractivity contribution < 1.29 is 56.6 Å². The van der Waals surface area contributed by atoms with E-state index in [2.05, 4.69) is 218 Å². The Kier molecular flexibility index (Phi) is 29.4. The number of Topliss-reactive ketones (excluding diaryl/α,β-unsaturated/α-hetero) is 1. The largest absolute Gasteiger partial charge is 0.444 e. The highest BCUT2D eigenvalue weighted by Crippen LogP contribution is 2.54. The van der Waals surface area contributed by atoms with E-state index in [1.165, 1.54) is 38.7 Å². The summed E-state index contributed by atoms with van der Waals surface area (Å²) in [5.41, 5.74) is 22.7. The third kappa shape index (κ3) is 21.1. The van der Waals surface area contributed by atoms with Crippen LogP contribution < -0.4 is 30.2 Å². The minimum atomic E-state index is -0.976. The topological polar surface area (TPSA) is 282 Å². The number of ketones is 1. The number of piperidine rings is 1. The van der Waals surface area contributed by atoms with Crippen LogP contribution in [-0.2, 0) is 40.5 Å². The number of ether oxygens (including phenoxy) is 2. The van der Waals surface area contributed by atoms with E-state index < -0.39 is 47.0 Å². The molecular formula is C113H135N17O12. The molecule has 3 aromatic heterocycles. The van der Waals surface area contributed by atoms with Crippen LogP contribution in [0.3, 0.4) is 0 Å². The van der Waals surface area contributed by atoms with Crippen LogP contribution in [0.5, 0.6) is 0 Å². The Balaban J connectivity index is 0.000000154. The van der Waals surface area contributed by atoms with Gasteiger partial charge in [-0.2, -0.15) is 0 Å². The number of anilines is 7. The maximum absolute atomic E-state index is 13.4. The number of carbonyl (C=O) groups is 7. The van der Waals surface area contributed by atoms with Crippen molar-refractivity contribution in [1.29, 1.82) is 0 Å². The van der Waals surface area contributed by atoms with Crippen LogP contribution in [0.25, 0.3) is 47.9 Å². The van der Waals surface area contributed by atoms with Crippen molar-refractivity contribution >= 4 is 81.4 Å². The summed E-state index contributed by atoms with van der Waals surface area (Å²) in [5.74, 6) is 2.14. The Morgan fingerprint density at radius 1 is 0.451 bits per heavy atom. The van der Waals surface area contributed by atoms with Gasteiger partial charge in [0.2, 0.25) is 11.8 Å². The molecule has 0 spiro atoms. The average Bonchev–Trinajstić information content (AvgIpc) is 1.51. The number of amides is 6. The molecule has 0 bridgehead atoms. The van der Waals surface area contributed by atoms with Crippen LogP contribution in [0.1, 0.15) is 204 Å². The van der Waals surface area contributed by atoms with E-state index in [0.717, 1.165) is 236 Å². The molecule has 1 unspecified atom stereocenters. The summed E-state index contributed by atoms with van der Waals surface area (Å²) < 4.78 is 27.0. The van der Waals surface area contributed by atoms with Gasteiger partial charge in [-0.05, 0) is 253 Å². The number of hydrogen-bond donors (Lipinski definition) is 2. The van der Waals surface area contributed by atoms with E-state index >= 15 is 0 Å². The lowest BCUT2D eigenvalue weighted by molar-refractivity contribution is -0.136. The van der Waals surface area contributed by atoms with Gasteiger partial charge in [0.25, 0.3) is 28.4 Å². The molecule has 142 heavy (non-hydrogen) atoms. The number of aromatic nitrogens is 3. The Bertz CT molecular complexity index is 6490. The van der Waals surface area contributed by atoms with Crippen molar-refractivity contribution in [2.24, 2.45) is 17.8 Å². The molecule has 3 saturated carbocycles. The van der Waals surface area contributed by atoms with Gasteiger partial charge in [-0.25, -0.2) is 29.3 Å². The third-order valence-corrected chi connectivity index (χ3v) is 29.2. The molecule has 8 aliphatic heterocycles. The number of likely N-dealkylation sites (tertiary alicyclic amines) is 4. The lowest BCUT2D eigenvalue weighted by Crippen LogP contribution is -2.67. The zero-order valence-electron chi connectivity index (χ0n) is 82.2. The van der Waals surface area contributed by atoms with E-state index in [4.69, 9.17) is 42.8 Å². The first-order chi connectivity index (χ1) is 66.4. The fraction of sp³-hybridized carbons (Fsp3) is 0.460. The first-order valence-electron chi connectivity index (χ1n) is 48.6. The van der Waals surface area contributed by atoms with Gasteiger partial charge in [0.05, 0.1) is 41.3 Å². The van der Waals surface area contributed by atoms with Gasteiger partial charge in [0.1, 0.15) is 34.5 Å². The van der Waals surface area contributed by atoms with Crippen LogP contribution in [0.15, 0.2) is 159 Å². The minimum Gasteiger partial charge on any atom is -0.444 e. The second-order valence-electron chi connectivity index (χ2n) is 41.8. The average molecular weight is 1920 g/mol. The lowest BCUT2D eigenvalue weighted by atomic mass is 9.92. The van der Waals surface area contributed by atoms with Crippen molar-refractivity contribution in [2.75, 3.05) is 118 Å². The second kappa shape index (κ2) is 40.7. The molecular weight excluding hydrogens is 1790 g/mol. The predicted octanol–water partition coefficient (Wildman–Crippen LogP) is 20.6. The Morgan fingerprint density at radius 2 is 0.810 bits per heavy atom. The summed E-state index contributed by atoms with van der Waals surface area (Å²) in [6, 6.07) is 50.8. The number of imide groups is 2. The summed E-state index contributed by atoms with van der Waals surface area (Å²) in [6.45, 7) is 64.6. The van der Waals surface area contributed by atoms with Gasteiger partial charge in [0.15, 0.2) is 5.78 Å². The van der Waals surface area contributed by atoms with Gasteiger partial charge < -0.3 is 67.4 Å². The summed E-state index contributed by atoms with van der Waals surface area (Å²) in [7, 11) is 0. The Hall–Kier alpha value is -13.8. The lowest BCUT2D eigenvalue weighted by Gasteiger charge is -2.53. The van der Waals surface area contributed by atoms with Crippen molar-refractivity contribution in [3.63, 3.8) is 0 Å². The van der Waals surface area contributed by atoms with Gasteiger partial charge in [-0.1, -0.05) is 74.1 Å². The fourth-order valence-electron chi connectivity index (χ4n) is 20.3. The van der Waals surface area contributed by atoms with E-state index in [1.54, 1.807) is 37.8 Å². The summed E-state index contributed by atoms with van der Waals surface area (Å²) in [4.78, 5) is 115. The third-order valence-electron chi connectivity index (χ3n) is 29.2. The van der Waals surface area contributed by atoms with Crippen LogP contribution in [-0.4, -0.2) is 209 Å². The van der Waals surface area contributed by atoms with E-state index in [0.29, 0.717) is 41.0 Å². The maximum Gasteiger partial charge on any atom is 0.411 e. The molecule has 1 atom stereocenters. The molecule has 6 amide bonds. The summed E-state index contributed by atoms with van der Waals surface area (Å²) >= 11 is 0. The maximum atomic E-state index is 13.4. The van der Waals surface area contributed by atoms with Crippen LogP contribution >= 0.6 is 0 Å². The number of nitrogens with zero attached hydrogens (tertiary/aromatic N) is 15. The highest BCUT2D eigenvalue weighted by atomic mass is 16.6. The first kappa shape index (κ1) is 103. The summed E-state index contributed by atoms with van der Waals surface area (Å²) in [6.07, 6.45) is 5.30. The normalized spacial score (nSPS) is 18.7. The molecule has 11 heterocycles. The van der Waals surface area contributed by atoms with Gasteiger partial charge in [-0.3, -0.25) is 48.9 Å². The molecule has 7 aromatic carbocycles. The first-order valence-corrected chi connectivity index (χ1v) is 48.6. The number of hydrogen-bond acceptors (Lipinski definition) is 22. The van der Waals surface area contributed by atoms with Crippen LogP contribution in [0, 0.1) is 99.8 Å². The SMILES string of the molecule is C.C.C.CC(C)(C)OC(=O)N1CC(=O)C1.[C-]#[N+]C1(c2ccc(N(CC3CN(C4CN(C(=O)OC(C)(C)C)C4)C3)c3cc(-c4c(C)noc4C)ccc3C)cc2)CC1.[C-]#[N+]C1(c2ccc(N(CC3CN(C4CN(c5ccc6c(c5)C(=O)N(C5CCC(=O)NC5=O)C6=O)C4)C3)c3cc(-c4c(C)noc4C)ccc3C)cc2)CC1.[C-]#[N+]C1(c2ccc(N(CC3CNC3)c3cc(-c4c(C)noc4C)ccc3C)cc2)CC1. The molecule has 0 radical (unpaired) electrons. The molecule has 29 heteroatoms. The van der Waals surface area contributed by atoms with Crippen molar-refractivity contribution in [2.45, 2.75) is 223 Å². The zero-order chi connectivity index (χ0) is 98.2. The molecule has 2 N–H and O–H groups in total. The highest BCUT2D eigenvalue weighted by Gasteiger charge is 2.55. The number of rotatable bonds is 22. The molecule has 3 aliphatic carbocycles. The van der Waals surface area contributed by atoms with Crippen LogP contribution in [0.4, 0.5) is 49.4 Å². The number of carbonyl (C=O) groups excluding carboxylic acids is 7. The molecule has 10 aromatic rings. The van der Waals surface area contributed by atoms with Crippen molar-refractivity contribution in [3.05, 3.63) is 259 Å². The second-order valence-corrected chi connectivity index (χ2v) is 41.8. The van der Waals surface area contributed by atoms with Gasteiger partial charge in [0, 0.05) is 233 Å². The molecule has 11 aliphatic rings. The molecule has 29 nitrogen and oxygen atoms in total. The number of nitrogens with one attached hydrogen (secondary N) is 2. The number of fused-ring (bicyclic) bond motifs is 1. The Morgan fingerprint density at radius 3 is 1.13 bits per heavy atom. The van der Waals surface area contributed by atoms with E-state index in [1.807, 2.05) is 68.4 Å². The number of benzene rings is 7. The highest BCUT2D eigenvalue weighted by molar-refractivity contribution is 6.24. The number of aryl methyl sites for hydroxylation is 9. The molecule has 744 valence electrons. The standard InChI is InChI=1S/C42H41N7O5.C34H41N5O3.C26H28N4O.C8H13NO3.3CH4/c1-24-5-6-28(38-25(2)45-54-26(38)3)17-36(24)48(30-9-7-29(8-10-30)42(43-4)15-16-42)21-27-19-46(20-27)32-22-47(23-32)31-11-12-33-34(18-31)41(53)49(40(33)52)35-13-14-37(50)44-39(35)51;1-22-8-9-26(31-23(2)36-42-24(31)3)16-30(22)39(28-12-10-27(11-13-28)34(35-7)14-15-34)19-25-17-37(18-25)29-20-38(21-29)32(40)41-33(4,5)6;1-17-5-6-21(25-18(2)29-31-19(25)3)13-24(17)30(16-20-14-28-15-20)23-9-7-22(8-10-23)26(27-4)11-12-26;1-8(2,3)12-7(11)9-4-6(10)5-9;;;/h5-12,17-18,27,32,35H,13-16,19-23H2,1-3H3,(H,44,50,51);8-13,16,25,29H,14-15,17-21H2,1-6H3;5-10,13,20,28H,11-12,14-16H2,1-3H3;4-5H2,1-3H3;3*1H4. The quantitative estimate of drug-likeness (QED) is 0.0471. The Labute approximate surface area is 835 Å². The fourth-order valence-corrected chi connectivity index (χ4v) is 20.3. The van der Waals surface area contributed by atoms with Gasteiger partial charge >= 0.3 is 12.2 Å². The smallest absolute Gasteiger partial charge is 0.411 e. The van der Waals surface area contributed by atoms with Gasteiger partial charge in [-0.15, -0.1) is 0 Å². The van der Waals surface area contributed by atoms with E-state index in [-0.39, 0.29) is 76.7 Å². The molecule has 21 rings (SSSR count). The van der Waals surface area contributed by atoms with E-state index in [9.17, 15) is 33.6 Å².